The third kappa shape index (κ3) is 4.25. The van der Waals surface area contributed by atoms with Crippen LogP contribution in [-0.2, 0) is 0 Å². The molecule has 0 saturated heterocycles. The van der Waals surface area contributed by atoms with Gasteiger partial charge < -0.3 is 10.8 Å². The van der Waals surface area contributed by atoms with Crippen LogP contribution in [-0.4, -0.2) is 28.5 Å². The summed E-state index contributed by atoms with van der Waals surface area (Å²) in [4.78, 5) is 19.3. The van der Waals surface area contributed by atoms with Gasteiger partial charge in [0.05, 0.1) is 11.3 Å². The smallest absolute Gasteiger partial charge is 0.153 e. The van der Waals surface area contributed by atoms with E-state index in [1.165, 1.54) is 6.20 Å². The monoisotopic (exact) mass is 251 g/mol. The summed E-state index contributed by atoms with van der Waals surface area (Å²) in [7, 11) is 1.00. The van der Waals surface area contributed by atoms with E-state index in [9.17, 15) is 4.79 Å². The predicted molar refractivity (Wildman–Crippen MR) is 72.1 cm³/mol. The van der Waals surface area contributed by atoms with Crippen LogP contribution >= 0.6 is 0 Å². The fraction of sp³-hybridized carbons (Fsp3) is 0.462. The van der Waals surface area contributed by atoms with E-state index < -0.39 is 0 Å². The Hall–Kier alpha value is -1.75. The van der Waals surface area contributed by atoms with Crippen molar-refractivity contribution < 1.29 is 9.90 Å². The van der Waals surface area contributed by atoms with Gasteiger partial charge in [0, 0.05) is 19.2 Å². The summed E-state index contributed by atoms with van der Waals surface area (Å²) >= 11 is 0. The fourth-order valence-corrected chi connectivity index (χ4v) is 1.68. The third-order valence-electron chi connectivity index (χ3n) is 2.61. The molecule has 0 aliphatic heterocycles. The first-order valence-corrected chi connectivity index (χ1v) is 5.91. The summed E-state index contributed by atoms with van der Waals surface area (Å²) in [6.07, 6.45) is 7.31. The van der Waals surface area contributed by atoms with Crippen molar-refractivity contribution >= 4 is 12.4 Å². The molecule has 3 N–H and O–H groups in total. The number of aliphatic hydroxyl groups excluding tert-OH is 1. The van der Waals surface area contributed by atoms with E-state index in [0.717, 1.165) is 31.9 Å². The summed E-state index contributed by atoms with van der Waals surface area (Å²) in [5.41, 5.74) is 6.69. The van der Waals surface area contributed by atoms with E-state index in [4.69, 9.17) is 10.8 Å². The third-order valence-corrected chi connectivity index (χ3v) is 2.61. The van der Waals surface area contributed by atoms with Crippen LogP contribution in [0.25, 0.3) is 6.08 Å². The van der Waals surface area contributed by atoms with Crippen molar-refractivity contribution in [2.24, 2.45) is 5.73 Å². The second kappa shape index (κ2) is 9.30. The highest BCUT2D eigenvalue weighted by molar-refractivity contribution is 5.76. The molecule has 1 heterocycles. The maximum Gasteiger partial charge on any atom is 0.153 e. The highest BCUT2D eigenvalue weighted by Gasteiger charge is 2.14. The van der Waals surface area contributed by atoms with Crippen molar-refractivity contribution in [1.82, 2.24) is 9.97 Å². The van der Waals surface area contributed by atoms with Crippen molar-refractivity contribution in [3.8, 4) is 0 Å². The number of nitrogens with two attached hydrogens (primary N) is 1. The summed E-state index contributed by atoms with van der Waals surface area (Å²) < 4.78 is 0. The maximum absolute atomic E-state index is 10.9. The number of hydrogen-bond donors (Lipinski definition) is 2. The second-order valence-corrected chi connectivity index (χ2v) is 3.56. The van der Waals surface area contributed by atoms with Gasteiger partial charge in [-0.2, -0.15) is 0 Å². The van der Waals surface area contributed by atoms with Gasteiger partial charge in [-0.15, -0.1) is 0 Å². The molecule has 18 heavy (non-hydrogen) atoms. The SMILES string of the molecule is CCC(CC)c1nc(/C=C\N)ncc1C=O.CO. The molecule has 5 nitrogen and oxygen atoms in total. The first-order chi connectivity index (χ1) is 8.76. The van der Waals surface area contributed by atoms with Crippen molar-refractivity contribution in [1.29, 1.82) is 0 Å². The van der Waals surface area contributed by atoms with Gasteiger partial charge in [-0.1, -0.05) is 13.8 Å². The van der Waals surface area contributed by atoms with Gasteiger partial charge in [-0.3, -0.25) is 4.79 Å². The molecule has 0 saturated carbocycles. The summed E-state index contributed by atoms with van der Waals surface area (Å²) in [5, 5.41) is 7.00. The lowest BCUT2D eigenvalue weighted by Crippen LogP contribution is -2.06. The normalized spacial score (nSPS) is 10.3. The van der Waals surface area contributed by atoms with Gasteiger partial charge >= 0.3 is 0 Å². The number of carbonyl (C=O) groups excluding carboxylic acids is 1. The molecular weight excluding hydrogens is 230 g/mol. The van der Waals surface area contributed by atoms with Crippen LogP contribution in [0, 0.1) is 0 Å². The number of carbonyl (C=O) groups is 1. The minimum absolute atomic E-state index is 0.299. The Morgan fingerprint density at radius 2 is 2.00 bits per heavy atom. The molecule has 100 valence electrons. The summed E-state index contributed by atoms with van der Waals surface area (Å²) in [5.74, 6) is 0.850. The summed E-state index contributed by atoms with van der Waals surface area (Å²) in [6, 6.07) is 0. The lowest BCUT2D eigenvalue weighted by atomic mass is 9.96. The molecule has 0 unspecified atom stereocenters. The molecule has 0 bridgehead atoms. The average molecular weight is 251 g/mol. The fourth-order valence-electron chi connectivity index (χ4n) is 1.68. The van der Waals surface area contributed by atoms with Crippen LogP contribution < -0.4 is 5.73 Å². The number of aliphatic hydroxyl groups is 1. The molecule has 0 spiro atoms. The lowest BCUT2D eigenvalue weighted by Gasteiger charge is -2.13. The van der Waals surface area contributed by atoms with Gasteiger partial charge in [0.1, 0.15) is 0 Å². The number of rotatable bonds is 5. The number of aromatic nitrogens is 2. The lowest BCUT2D eigenvalue weighted by molar-refractivity contribution is 0.112. The molecule has 0 radical (unpaired) electrons. The van der Waals surface area contributed by atoms with Crippen LogP contribution in [0.2, 0.25) is 0 Å². The Morgan fingerprint density at radius 1 is 1.39 bits per heavy atom. The van der Waals surface area contributed by atoms with Crippen LogP contribution in [0.3, 0.4) is 0 Å². The van der Waals surface area contributed by atoms with E-state index in [1.54, 1.807) is 12.3 Å². The van der Waals surface area contributed by atoms with Crippen molar-refractivity contribution in [2.45, 2.75) is 32.6 Å². The zero-order chi connectivity index (χ0) is 14.0. The molecular formula is C13H21N3O2. The van der Waals surface area contributed by atoms with E-state index in [0.29, 0.717) is 17.3 Å². The Morgan fingerprint density at radius 3 is 2.44 bits per heavy atom. The van der Waals surface area contributed by atoms with E-state index in [2.05, 4.69) is 23.8 Å². The quantitative estimate of drug-likeness (QED) is 0.778. The standard InChI is InChI=1S/C12H17N3O.CH4O/c1-3-9(4-2)12-10(8-16)7-14-11(15-12)5-6-13;1-2/h5-9H,3-4,13H2,1-2H3;2H,1H3/b6-5-;. The Kier molecular flexibility index (Phi) is 8.39. The van der Waals surface area contributed by atoms with Crippen molar-refractivity contribution in [2.75, 3.05) is 7.11 Å². The first-order valence-electron chi connectivity index (χ1n) is 5.91. The molecule has 0 aliphatic carbocycles. The van der Waals surface area contributed by atoms with Gasteiger partial charge in [-0.05, 0) is 25.1 Å². The zero-order valence-corrected chi connectivity index (χ0v) is 11.1. The number of nitrogens with zero attached hydrogens (tertiary/aromatic N) is 2. The van der Waals surface area contributed by atoms with Crippen molar-refractivity contribution in [3.63, 3.8) is 0 Å². The average Bonchev–Trinajstić information content (AvgIpc) is 2.43. The molecule has 0 aromatic carbocycles. The predicted octanol–water partition coefficient (Wildman–Crippen LogP) is 1.73. The van der Waals surface area contributed by atoms with E-state index >= 15 is 0 Å². The second-order valence-electron chi connectivity index (χ2n) is 3.56. The minimum Gasteiger partial charge on any atom is -0.404 e. The largest absolute Gasteiger partial charge is 0.404 e. The van der Waals surface area contributed by atoms with Crippen molar-refractivity contribution in [3.05, 3.63) is 29.5 Å². The molecule has 5 heteroatoms. The van der Waals surface area contributed by atoms with Gasteiger partial charge in [0.2, 0.25) is 0 Å². The van der Waals surface area contributed by atoms with Crippen LogP contribution in [0.4, 0.5) is 0 Å². The molecule has 1 aromatic rings. The van der Waals surface area contributed by atoms with Gasteiger partial charge in [0.25, 0.3) is 0 Å². The van der Waals surface area contributed by atoms with Gasteiger partial charge in [-0.25, -0.2) is 9.97 Å². The number of aldehydes is 1. The van der Waals surface area contributed by atoms with Crippen LogP contribution in [0.1, 0.15) is 54.5 Å². The Labute approximate surface area is 108 Å². The number of hydrogen-bond acceptors (Lipinski definition) is 5. The summed E-state index contributed by atoms with van der Waals surface area (Å²) in [6.45, 7) is 4.17. The highest BCUT2D eigenvalue weighted by Crippen LogP contribution is 2.23. The van der Waals surface area contributed by atoms with Crippen LogP contribution in [0.5, 0.6) is 0 Å². The molecule has 1 aromatic heterocycles. The maximum atomic E-state index is 10.9. The topological polar surface area (TPSA) is 89.1 Å². The van der Waals surface area contributed by atoms with E-state index in [-0.39, 0.29) is 0 Å². The Bertz CT molecular complexity index is 388. The van der Waals surface area contributed by atoms with Crippen LogP contribution in [0.15, 0.2) is 12.4 Å². The first kappa shape index (κ1) is 16.2. The minimum atomic E-state index is 0.299. The highest BCUT2D eigenvalue weighted by atomic mass is 16.2. The van der Waals surface area contributed by atoms with Gasteiger partial charge in [0.15, 0.2) is 12.1 Å². The molecule has 0 amide bonds. The molecule has 0 atom stereocenters. The zero-order valence-electron chi connectivity index (χ0n) is 11.1. The molecule has 0 fully saturated rings. The Balaban J connectivity index is 0.00000137. The van der Waals surface area contributed by atoms with E-state index in [1.807, 2.05) is 0 Å². The molecule has 1 rings (SSSR count). The molecule has 0 aliphatic rings.